The van der Waals surface area contributed by atoms with Gasteiger partial charge in [0.1, 0.15) is 36.4 Å². The lowest BCUT2D eigenvalue weighted by Gasteiger charge is -2.13. The number of hydrogen-bond acceptors (Lipinski definition) is 4. The van der Waals surface area contributed by atoms with Crippen LogP contribution in [0.5, 0.6) is 11.5 Å². The van der Waals surface area contributed by atoms with Crippen LogP contribution in [0.3, 0.4) is 0 Å². The molecule has 0 bridgehead atoms. The summed E-state index contributed by atoms with van der Waals surface area (Å²) >= 11 is 5.94. The quantitative estimate of drug-likeness (QED) is 0.145. The maximum Gasteiger partial charge on any atom is 0.266 e. The standard InChI is InChI=1S/C35H27ClN2O3/c1-24-5-4-6-26(19-24)23-41-34-18-11-27-7-2-3-8-32(27)33(34)20-28(21-37)35(39)38-30-14-16-31(17-15-30)40-22-25-9-12-29(36)13-10-25/h2-20H,22-23H2,1H3,(H,38,39)/b28-20+. The lowest BCUT2D eigenvalue weighted by molar-refractivity contribution is -0.112. The van der Waals surface area contributed by atoms with Gasteiger partial charge in [0.15, 0.2) is 0 Å². The molecule has 0 saturated carbocycles. The van der Waals surface area contributed by atoms with E-state index >= 15 is 0 Å². The summed E-state index contributed by atoms with van der Waals surface area (Å²) in [5.74, 6) is 0.730. The first kappa shape index (κ1) is 27.5. The van der Waals surface area contributed by atoms with Crippen molar-refractivity contribution >= 4 is 40.0 Å². The maximum atomic E-state index is 13.2. The fourth-order valence-electron chi connectivity index (χ4n) is 4.39. The molecule has 0 aromatic heterocycles. The molecule has 6 heteroatoms. The van der Waals surface area contributed by atoms with Crippen LogP contribution in [0.25, 0.3) is 16.8 Å². The molecule has 5 nitrogen and oxygen atoms in total. The van der Waals surface area contributed by atoms with Gasteiger partial charge in [0.25, 0.3) is 5.91 Å². The van der Waals surface area contributed by atoms with Gasteiger partial charge in [-0.15, -0.1) is 0 Å². The van der Waals surface area contributed by atoms with E-state index in [1.807, 2.05) is 85.8 Å². The number of rotatable bonds is 9. The minimum absolute atomic E-state index is 0.0372. The highest BCUT2D eigenvalue weighted by Gasteiger charge is 2.14. The first-order valence-electron chi connectivity index (χ1n) is 13.1. The summed E-state index contributed by atoms with van der Waals surface area (Å²) in [5, 5.41) is 15.3. The van der Waals surface area contributed by atoms with Gasteiger partial charge in [-0.25, -0.2) is 0 Å². The molecule has 0 unspecified atom stereocenters. The van der Waals surface area contributed by atoms with Crippen LogP contribution in [0.15, 0.2) is 115 Å². The van der Waals surface area contributed by atoms with Crippen molar-refractivity contribution in [3.05, 3.63) is 142 Å². The molecule has 5 aromatic carbocycles. The Balaban J connectivity index is 1.33. The third kappa shape index (κ3) is 7.13. The van der Waals surface area contributed by atoms with Gasteiger partial charge in [-0.1, -0.05) is 83.9 Å². The molecule has 5 aromatic rings. The molecule has 0 spiro atoms. The predicted octanol–water partition coefficient (Wildman–Crippen LogP) is 8.51. The van der Waals surface area contributed by atoms with Gasteiger partial charge in [-0.05, 0) is 77.4 Å². The molecule has 0 atom stereocenters. The van der Waals surface area contributed by atoms with Crippen LogP contribution in [-0.2, 0) is 18.0 Å². The molecule has 5 rings (SSSR count). The molecule has 0 fully saturated rings. The molecule has 0 aliphatic rings. The molecule has 41 heavy (non-hydrogen) atoms. The average molecular weight is 559 g/mol. The summed E-state index contributed by atoms with van der Waals surface area (Å²) in [6.07, 6.45) is 1.59. The molecule has 0 radical (unpaired) electrons. The molecular weight excluding hydrogens is 532 g/mol. The number of nitriles is 1. The molecule has 0 heterocycles. The zero-order valence-electron chi connectivity index (χ0n) is 22.4. The molecule has 1 amide bonds. The molecule has 0 saturated heterocycles. The van der Waals surface area contributed by atoms with Crippen molar-refractivity contribution in [2.75, 3.05) is 5.32 Å². The topological polar surface area (TPSA) is 71.3 Å². The first-order valence-corrected chi connectivity index (χ1v) is 13.5. The highest BCUT2D eigenvalue weighted by molar-refractivity contribution is 6.30. The monoisotopic (exact) mass is 558 g/mol. The zero-order valence-corrected chi connectivity index (χ0v) is 23.2. The SMILES string of the molecule is Cc1cccc(COc2ccc3ccccc3c2/C=C(\C#N)C(=O)Nc2ccc(OCc3ccc(Cl)cc3)cc2)c1. The van der Waals surface area contributed by atoms with Crippen molar-refractivity contribution in [1.29, 1.82) is 5.26 Å². The molecule has 202 valence electrons. The Bertz CT molecular complexity index is 1750. The number of anilines is 1. The lowest BCUT2D eigenvalue weighted by atomic mass is 10.0. The smallest absolute Gasteiger partial charge is 0.266 e. The van der Waals surface area contributed by atoms with Gasteiger partial charge in [0.2, 0.25) is 0 Å². The summed E-state index contributed by atoms with van der Waals surface area (Å²) < 4.78 is 12.0. The first-order chi connectivity index (χ1) is 20.0. The average Bonchev–Trinajstić information content (AvgIpc) is 2.99. The van der Waals surface area contributed by atoms with Gasteiger partial charge in [0, 0.05) is 16.3 Å². The number of carbonyl (C=O) groups excluding carboxylic acids is 1. The van der Waals surface area contributed by atoms with E-state index in [4.69, 9.17) is 21.1 Å². The van der Waals surface area contributed by atoms with Gasteiger partial charge >= 0.3 is 0 Å². The Kier molecular flexibility index (Phi) is 8.64. The summed E-state index contributed by atoms with van der Waals surface area (Å²) in [6.45, 7) is 2.79. The normalized spacial score (nSPS) is 11.1. The van der Waals surface area contributed by atoms with E-state index in [9.17, 15) is 10.1 Å². The zero-order chi connectivity index (χ0) is 28.6. The van der Waals surface area contributed by atoms with Gasteiger partial charge in [-0.3, -0.25) is 4.79 Å². The van der Waals surface area contributed by atoms with E-state index in [2.05, 4.69) is 17.5 Å². The second kappa shape index (κ2) is 12.9. The predicted molar refractivity (Wildman–Crippen MR) is 164 cm³/mol. The van der Waals surface area contributed by atoms with E-state index in [1.54, 1.807) is 30.3 Å². The summed E-state index contributed by atoms with van der Waals surface area (Å²) in [6, 6.07) is 36.3. The van der Waals surface area contributed by atoms with Crippen molar-refractivity contribution in [1.82, 2.24) is 0 Å². The van der Waals surface area contributed by atoms with E-state index in [-0.39, 0.29) is 5.57 Å². The third-order valence-corrected chi connectivity index (χ3v) is 6.74. The van der Waals surface area contributed by atoms with Crippen LogP contribution in [0, 0.1) is 18.3 Å². The Morgan fingerprint density at radius 3 is 2.37 bits per heavy atom. The Morgan fingerprint density at radius 2 is 1.61 bits per heavy atom. The molecule has 0 aliphatic heterocycles. The lowest BCUT2D eigenvalue weighted by Crippen LogP contribution is -2.13. The van der Waals surface area contributed by atoms with Crippen molar-refractivity contribution in [2.45, 2.75) is 20.1 Å². The Hall–Kier alpha value is -5.05. The van der Waals surface area contributed by atoms with Crippen LogP contribution in [-0.4, -0.2) is 5.91 Å². The fourth-order valence-corrected chi connectivity index (χ4v) is 4.51. The minimum atomic E-state index is -0.514. The fraction of sp³-hybridized carbons (Fsp3) is 0.0857. The van der Waals surface area contributed by atoms with Crippen molar-refractivity contribution < 1.29 is 14.3 Å². The van der Waals surface area contributed by atoms with Gasteiger partial charge in [-0.2, -0.15) is 5.26 Å². The van der Waals surface area contributed by atoms with Crippen molar-refractivity contribution in [2.24, 2.45) is 0 Å². The summed E-state index contributed by atoms with van der Waals surface area (Å²) in [5.41, 5.74) is 4.36. The van der Waals surface area contributed by atoms with Crippen LogP contribution >= 0.6 is 11.6 Å². The number of amides is 1. The van der Waals surface area contributed by atoms with Crippen LogP contribution in [0.2, 0.25) is 5.02 Å². The second-order valence-electron chi connectivity index (χ2n) is 9.54. The summed E-state index contributed by atoms with van der Waals surface area (Å²) in [4.78, 5) is 13.2. The van der Waals surface area contributed by atoms with Crippen molar-refractivity contribution in [3.8, 4) is 17.6 Å². The van der Waals surface area contributed by atoms with E-state index in [0.29, 0.717) is 41.0 Å². The number of nitrogens with zero attached hydrogens (tertiary/aromatic N) is 1. The van der Waals surface area contributed by atoms with Gasteiger partial charge in [0.05, 0.1) is 0 Å². The van der Waals surface area contributed by atoms with E-state index in [1.165, 1.54) is 0 Å². The van der Waals surface area contributed by atoms with Gasteiger partial charge < -0.3 is 14.8 Å². The number of nitrogens with one attached hydrogen (secondary N) is 1. The Labute approximate surface area is 244 Å². The second-order valence-corrected chi connectivity index (χ2v) is 9.98. The number of hydrogen-bond donors (Lipinski definition) is 1. The van der Waals surface area contributed by atoms with E-state index in [0.717, 1.165) is 27.5 Å². The van der Waals surface area contributed by atoms with Crippen LogP contribution in [0.4, 0.5) is 5.69 Å². The highest BCUT2D eigenvalue weighted by Crippen LogP contribution is 2.31. The molecule has 1 N–H and O–H groups in total. The maximum absolute atomic E-state index is 13.2. The van der Waals surface area contributed by atoms with Crippen molar-refractivity contribution in [3.63, 3.8) is 0 Å². The van der Waals surface area contributed by atoms with Crippen LogP contribution in [0.1, 0.15) is 22.3 Å². The number of aryl methyl sites for hydroxylation is 1. The molecule has 0 aliphatic carbocycles. The van der Waals surface area contributed by atoms with Crippen LogP contribution < -0.4 is 14.8 Å². The number of fused-ring (bicyclic) bond motifs is 1. The Morgan fingerprint density at radius 1 is 0.854 bits per heavy atom. The summed E-state index contributed by atoms with van der Waals surface area (Å²) in [7, 11) is 0. The molecular formula is C35H27ClN2O3. The van der Waals surface area contributed by atoms with E-state index < -0.39 is 5.91 Å². The number of halogens is 1. The number of ether oxygens (including phenoxy) is 2. The minimum Gasteiger partial charge on any atom is -0.489 e. The third-order valence-electron chi connectivity index (χ3n) is 6.49. The number of carbonyl (C=O) groups is 1. The number of benzene rings is 5. The highest BCUT2D eigenvalue weighted by atomic mass is 35.5. The largest absolute Gasteiger partial charge is 0.489 e.